The second-order valence-corrected chi connectivity index (χ2v) is 12.3. The Morgan fingerprint density at radius 2 is 1.79 bits per heavy atom. The topological polar surface area (TPSA) is 55.8 Å². The number of ether oxygens (including phenoxy) is 2. The van der Waals surface area contributed by atoms with E-state index in [1.54, 1.807) is 7.11 Å². The van der Waals surface area contributed by atoms with E-state index in [-0.39, 0.29) is 30.1 Å². The number of allylic oxidation sites excluding steroid dienone is 3. The highest BCUT2D eigenvalue weighted by atomic mass is 19.4. The van der Waals surface area contributed by atoms with Gasteiger partial charge in [-0.2, -0.15) is 13.2 Å². The van der Waals surface area contributed by atoms with Gasteiger partial charge in [-0.3, -0.25) is 4.79 Å². The summed E-state index contributed by atoms with van der Waals surface area (Å²) in [4.78, 5) is 12.3. The summed E-state index contributed by atoms with van der Waals surface area (Å²) in [7, 11) is 1.64. The van der Waals surface area contributed by atoms with Crippen molar-refractivity contribution in [3.8, 4) is 17.6 Å². The molecule has 0 aromatic heterocycles. The summed E-state index contributed by atoms with van der Waals surface area (Å²) in [5.41, 5.74) is 2.72. The van der Waals surface area contributed by atoms with Crippen LogP contribution in [0.3, 0.4) is 0 Å². The third-order valence-electron chi connectivity index (χ3n) is 10.1. The molecule has 2 aromatic rings. The van der Waals surface area contributed by atoms with Crippen LogP contribution in [-0.4, -0.2) is 30.2 Å². The van der Waals surface area contributed by atoms with Crippen LogP contribution in [0.5, 0.6) is 5.75 Å². The van der Waals surface area contributed by atoms with E-state index >= 15 is 0 Å². The van der Waals surface area contributed by atoms with Crippen molar-refractivity contribution < 1.29 is 32.5 Å². The smallest absolute Gasteiger partial charge is 0.416 e. The predicted octanol–water partition coefficient (Wildman–Crippen LogP) is 7.37. The van der Waals surface area contributed by atoms with Crippen molar-refractivity contribution in [2.24, 2.45) is 17.3 Å². The van der Waals surface area contributed by atoms with Crippen molar-refractivity contribution in [2.75, 3.05) is 13.7 Å². The number of hydrogen-bond acceptors (Lipinski definition) is 4. The molecule has 3 aliphatic carbocycles. The van der Waals surface area contributed by atoms with E-state index in [1.165, 1.54) is 23.3 Å². The molecule has 5 unspecified atom stereocenters. The SMILES string of the molecule is COc1ccc(C2OCC3(C)C(CCC3(O)CC#Cc3ccc(C(F)(F)F)cc3)C3CCC4=CC(=O)CCC4=C23)cc1. The van der Waals surface area contributed by atoms with Gasteiger partial charge in [-0.25, -0.2) is 0 Å². The zero-order valence-electron chi connectivity index (χ0n) is 23.9. The Hall–Kier alpha value is -3.34. The van der Waals surface area contributed by atoms with Gasteiger partial charge in [-0.05, 0) is 109 Å². The second kappa shape index (κ2) is 10.7. The van der Waals surface area contributed by atoms with Gasteiger partial charge in [0.1, 0.15) is 11.9 Å². The van der Waals surface area contributed by atoms with E-state index < -0.39 is 22.8 Å². The molecule has 0 spiro atoms. The van der Waals surface area contributed by atoms with E-state index in [0.29, 0.717) is 31.4 Å². The van der Waals surface area contributed by atoms with Crippen molar-refractivity contribution in [3.63, 3.8) is 0 Å². The zero-order valence-corrected chi connectivity index (χ0v) is 23.9. The van der Waals surface area contributed by atoms with E-state index in [2.05, 4.69) is 18.8 Å². The number of carbonyl (C=O) groups excluding carboxylic acids is 1. The molecule has 1 saturated carbocycles. The fourth-order valence-electron chi connectivity index (χ4n) is 7.73. The van der Waals surface area contributed by atoms with Crippen LogP contribution in [0.15, 0.2) is 71.3 Å². The Morgan fingerprint density at radius 1 is 1.05 bits per heavy atom. The largest absolute Gasteiger partial charge is 0.497 e. The van der Waals surface area contributed by atoms with Crippen LogP contribution in [0.4, 0.5) is 13.2 Å². The van der Waals surface area contributed by atoms with Gasteiger partial charge in [-0.15, -0.1) is 0 Å². The number of methoxy groups -OCH3 is 1. The van der Waals surface area contributed by atoms with Gasteiger partial charge in [-0.1, -0.05) is 30.9 Å². The summed E-state index contributed by atoms with van der Waals surface area (Å²) in [5, 5.41) is 12.2. The van der Waals surface area contributed by atoms with E-state index in [0.717, 1.165) is 48.3 Å². The van der Waals surface area contributed by atoms with Crippen LogP contribution in [-0.2, 0) is 15.7 Å². The Bertz CT molecular complexity index is 1490. The molecule has 1 aliphatic heterocycles. The highest BCUT2D eigenvalue weighted by Gasteiger charge is 2.61. The van der Waals surface area contributed by atoms with Crippen molar-refractivity contribution in [1.29, 1.82) is 0 Å². The molecule has 5 atom stereocenters. The molecule has 6 rings (SSSR count). The summed E-state index contributed by atoms with van der Waals surface area (Å²) in [6.07, 6.45) is 1.67. The molecule has 4 nitrogen and oxygen atoms in total. The van der Waals surface area contributed by atoms with Gasteiger partial charge < -0.3 is 14.6 Å². The lowest BCUT2D eigenvalue weighted by atomic mass is 9.61. The summed E-state index contributed by atoms with van der Waals surface area (Å²) in [6.45, 7) is 2.46. The summed E-state index contributed by atoms with van der Waals surface area (Å²) < 4.78 is 51.0. The van der Waals surface area contributed by atoms with E-state index in [4.69, 9.17) is 9.47 Å². The highest BCUT2D eigenvalue weighted by Crippen LogP contribution is 2.62. The highest BCUT2D eigenvalue weighted by molar-refractivity contribution is 5.93. The molecule has 2 fully saturated rings. The van der Waals surface area contributed by atoms with Gasteiger partial charge in [0.05, 0.1) is 24.9 Å². The molecule has 1 heterocycles. The van der Waals surface area contributed by atoms with Crippen LogP contribution >= 0.6 is 0 Å². The van der Waals surface area contributed by atoms with Crippen LogP contribution in [0.1, 0.15) is 74.7 Å². The Balaban J connectivity index is 1.34. The maximum atomic E-state index is 12.9. The first-order valence-electron chi connectivity index (χ1n) is 14.6. The van der Waals surface area contributed by atoms with Crippen molar-refractivity contribution >= 4 is 5.78 Å². The first-order chi connectivity index (χ1) is 20.0. The number of ketones is 1. The quantitative estimate of drug-likeness (QED) is 0.388. The molecule has 0 radical (unpaired) electrons. The van der Waals surface area contributed by atoms with Crippen molar-refractivity contribution in [1.82, 2.24) is 0 Å². The third kappa shape index (κ3) is 4.99. The lowest BCUT2D eigenvalue weighted by Gasteiger charge is -2.44. The minimum Gasteiger partial charge on any atom is -0.497 e. The van der Waals surface area contributed by atoms with Gasteiger partial charge >= 0.3 is 6.18 Å². The molecule has 2 aromatic carbocycles. The first kappa shape index (κ1) is 28.8. The maximum absolute atomic E-state index is 12.9. The van der Waals surface area contributed by atoms with Crippen LogP contribution in [0.25, 0.3) is 0 Å². The fourth-order valence-corrected chi connectivity index (χ4v) is 7.73. The van der Waals surface area contributed by atoms with Gasteiger partial charge in [0.2, 0.25) is 0 Å². The lowest BCUT2D eigenvalue weighted by Crippen LogP contribution is -2.48. The number of rotatable bonds is 3. The van der Waals surface area contributed by atoms with Gasteiger partial charge in [0.15, 0.2) is 5.78 Å². The fraction of sp³-hybridized carbons (Fsp3) is 0.457. The number of aliphatic hydroxyl groups is 1. The van der Waals surface area contributed by atoms with Crippen molar-refractivity contribution in [3.05, 3.63) is 88.0 Å². The second-order valence-electron chi connectivity index (χ2n) is 12.3. The molecule has 1 saturated heterocycles. The molecular formula is C35H35F3O4. The molecule has 7 heteroatoms. The third-order valence-corrected chi connectivity index (χ3v) is 10.1. The molecule has 4 aliphatic rings. The summed E-state index contributed by atoms with van der Waals surface area (Å²) in [5.74, 6) is 7.36. The van der Waals surface area contributed by atoms with Crippen molar-refractivity contribution in [2.45, 2.75) is 69.8 Å². The standard InChI is InChI=1S/C35H35F3O4/c1-33-21-42-32(23-7-13-27(41-2)14-8-23)31-28-16-12-26(39)20-24(28)9-15-29(31)30(33)17-19-34(33,40)18-3-4-22-5-10-25(11-6-22)35(36,37)38/h5-8,10-11,13-14,20,29-30,32,40H,9,12,15-19,21H2,1-2H3. The molecule has 0 bridgehead atoms. The number of benzene rings is 2. The zero-order chi connectivity index (χ0) is 29.7. The van der Waals surface area contributed by atoms with E-state index in [1.807, 2.05) is 30.3 Å². The van der Waals surface area contributed by atoms with Gasteiger partial charge in [0, 0.05) is 23.8 Å². The van der Waals surface area contributed by atoms with E-state index in [9.17, 15) is 23.1 Å². The average Bonchev–Trinajstić information content (AvgIpc) is 3.14. The molecular weight excluding hydrogens is 541 g/mol. The maximum Gasteiger partial charge on any atom is 0.416 e. The Labute approximate surface area is 244 Å². The van der Waals surface area contributed by atoms with Crippen LogP contribution < -0.4 is 4.74 Å². The minimum absolute atomic E-state index is 0.167. The average molecular weight is 577 g/mol. The number of alkyl halides is 3. The molecule has 0 amide bonds. The van der Waals surface area contributed by atoms with Gasteiger partial charge in [0.25, 0.3) is 0 Å². The molecule has 220 valence electrons. The molecule has 1 N–H and O–H groups in total. The monoisotopic (exact) mass is 576 g/mol. The summed E-state index contributed by atoms with van der Waals surface area (Å²) in [6, 6.07) is 12.7. The number of halogens is 3. The first-order valence-corrected chi connectivity index (χ1v) is 14.6. The van der Waals surface area contributed by atoms with Crippen LogP contribution in [0, 0.1) is 29.1 Å². The predicted molar refractivity (Wildman–Crippen MR) is 152 cm³/mol. The number of carbonyl (C=O) groups is 1. The lowest BCUT2D eigenvalue weighted by molar-refractivity contribution is -0.137. The molecule has 42 heavy (non-hydrogen) atoms. The minimum atomic E-state index is -4.39. The summed E-state index contributed by atoms with van der Waals surface area (Å²) >= 11 is 0. The number of fused-ring (bicyclic) bond motifs is 4. The number of hydrogen-bond donors (Lipinski definition) is 1. The Kier molecular flexibility index (Phi) is 7.35. The van der Waals surface area contributed by atoms with Crippen LogP contribution in [0.2, 0.25) is 0 Å². The Morgan fingerprint density at radius 3 is 2.48 bits per heavy atom. The normalized spacial score (nSPS) is 30.8.